The summed E-state index contributed by atoms with van der Waals surface area (Å²) in [5.74, 6) is -1.49. The number of nitrogens with one attached hydrogen (secondary N) is 2. The number of anilines is 3. The molecular formula is C19H20N4O3. The molecule has 1 fully saturated rings. The van der Waals surface area contributed by atoms with Crippen LogP contribution in [-0.4, -0.2) is 29.3 Å². The molecule has 1 aromatic carbocycles. The first-order valence-corrected chi connectivity index (χ1v) is 8.48. The molecule has 1 saturated heterocycles. The van der Waals surface area contributed by atoms with Crippen molar-refractivity contribution < 1.29 is 14.4 Å². The smallest absolute Gasteiger partial charge is 0.314 e. The molecule has 0 spiro atoms. The van der Waals surface area contributed by atoms with E-state index < -0.39 is 11.8 Å². The van der Waals surface area contributed by atoms with E-state index in [1.165, 1.54) is 6.20 Å². The van der Waals surface area contributed by atoms with Crippen LogP contribution in [0.1, 0.15) is 24.8 Å². The first-order chi connectivity index (χ1) is 12.5. The van der Waals surface area contributed by atoms with Gasteiger partial charge in [0, 0.05) is 30.5 Å². The van der Waals surface area contributed by atoms with Crippen LogP contribution in [0.2, 0.25) is 0 Å². The molecule has 2 aromatic rings. The van der Waals surface area contributed by atoms with Crippen LogP contribution in [0.5, 0.6) is 0 Å². The zero-order valence-electron chi connectivity index (χ0n) is 14.5. The van der Waals surface area contributed by atoms with Crippen LogP contribution in [0, 0.1) is 6.92 Å². The normalized spacial score (nSPS) is 14.0. The van der Waals surface area contributed by atoms with Crippen LogP contribution in [-0.2, 0) is 14.4 Å². The summed E-state index contributed by atoms with van der Waals surface area (Å²) in [6, 6.07) is 8.57. The molecule has 3 rings (SSSR count). The number of carbonyl (C=O) groups is 3. The third kappa shape index (κ3) is 4.05. The molecule has 3 amide bonds. The predicted octanol–water partition coefficient (Wildman–Crippen LogP) is 2.48. The Hall–Kier alpha value is -3.22. The Balaban J connectivity index is 1.71. The van der Waals surface area contributed by atoms with Crippen molar-refractivity contribution in [2.45, 2.75) is 26.2 Å². The van der Waals surface area contributed by atoms with Gasteiger partial charge in [-0.2, -0.15) is 0 Å². The van der Waals surface area contributed by atoms with Gasteiger partial charge in [0.2, 0.25) is 5.91 Å². The lowest BCUT2D eigenvalue weighted by molar-refractivity contribution is -0.133. The molecule has 2 heterocycles. The highest BCUT2D eigenvalue weighted by Gasteiger charge is 2.22. The van der Waals surface area contributed by atoms with Gasteiger partial charge in [0.25, 0.3) is 0 Å². The van der Waals surface area contributed by atoms with Gasteiger partial charge in [0.05, 0.1) is 11.9 Å². The van der Waals surface area contributed by atoms with Gasteiger partial charge in [0.1, 0.15) is 0 Å². The number of hydrogen-bond donors (Lipinski definition) is 2. The average Bonchev–Trinajstić information content (AvgIpc) is 2.64. The molecule has 134 valence electrons. The van der Waals surface area contributed by atoms with Crippen molar-refractivity contribution in [2.24, 2.45) is 0 Å². The summed E-state index contributed by atoms with van der Waals surface area (Å²) in [5, 5.41) is 5.05. The summed E-state index contributed by atoms with van der Waals surface area (Å²) in [6.45, 7) is 2.58. The van der Waals surface area contributed by atoms with Gasteiger partial charge < -0.3 is 15.5 Å². The lowest BCUT2D eigenvalue weighted by Crippen LogP contribution is -2.35. The zero-order chi connectivity index (χ0) is 18.5. The summed E-state index contributed by atoms with van der Waals surface area (Å²) < 4.78 is 0. The summed E-state index contributed by atoms with van der Waals surface area (Å²) >= 11 is 0. The second-order valence-corrected chi connectivity index (χ2v) is 6.15. The molecule has 7 heteroatoms. The summed E-state index contributed by atoms with van der Waals surface area (Å²) in [4.78, 5) is 41.9. The zero-order valence-corrected chi connectivity index (χ0v) is 14.5. The maximum atomic E-state index is 12.2. The number of aryl methyl sites for hydroxylation is 1. The molecule has 0 bridgehead atoms. The molecule has 1 aromatic heterocycles. The highest BCUT2D eigenvalue weighted by Crippen LogP contribution is 2.27. The number of hydrogen-bond acceptors (Lipinski definition) is 4. The van der Waals surface area contributed by atoms with Crippen LogP contribution in [0.25, 0.3) is 0 Å². The van der Waals surface area contributed by atoms with Gasteiger partial charge in [-0.05, 0) is 49.6 Å². The van der Waals surface area contributed by atoms with Crippen molar-refractivity contribution >= 4 is 34.8 Å². The second kappa shape index (κ2) is 7.77. The number of piperidine rings is 1. The Labute approximate surface area is 151 Å². The van der Waals surface area contributed by atoms with E-state index in [4.69, 9.17) is 0 Å². The van der Waals surface area contributed by atoms with E-state index in [-0.39, 0.29) is 5.91 Å². The van der Waals surface area contributed by atoms with Gasteiger partial charge in [-0.15, -0.1) is 0 Å². The number of aromatic nitrogens is 1. The van der Waals surface area contributed by atoms with Crippen molar-refractivity contribution in [3.8, 4) is 0 Å². The van der Waals surface area contributed by atoms with Crippen molar-refractivity contribution in [1.82, 2.24) is 4.98 Å². The largest absolute Gasteiger partial charge is 0.318 e. The Morgan fingerprint density at radius 3 is 2.54 bits per heavy atom. The third-order valence-corrected chi connectivity index (χ3v) is 4.21. The van der Waals surface area contributed by atoms with Gasteiger partial charge in [-0.25, -0.2) is 0 Å². The van der Waals surface area contributed by atoms with Crippen LogP contribution in [0.15, 0.2) is 42.7 Å². The quantitative estimate of drug-likeness (QED) is 0.830. The molecule has 0 saturated carbocycles. The highest BCUT2D eigenvalue weighted by molar-refractivity contribution is 6.43. The Kier molecular flexibility index (Phi) is 5.26. The van der Waals surface area contributed by atoms with Gasteiger partial charge in [-0.3, -0.25) is 19.4 Å². The van der Waals surface area contributed by atoms with E-state index in [1.54, 1.807) is 35.4 Å². The minimum Gasteiger partial charge on any atom is -0.318 e. The van der Waals surface area contributed by atoms with E-state index >= 15 is 0 Å². The number of amides is 3. The third-order valence-electron chi connectivity index (χ3n) is 4.21. The molecule has 0 radical (unpaired) electrons. The molecule has 0 unspecified atom stereocenters. The van der Waals surface area contributed by atoms with Crippen LogP contribution < -0.4 is 15.5 Å². The van der Waals surface area contributed by atoms with Gasteiger partial charge in [0.15, 0.2) is 0 Å². The highest BCUT2D eigenvalue weighted by atomic mass is 16.2. The molecule has 1 aliphatic heterocycles. The van der Waals surface area contributed by atoms with E-state index in [1.807, 2.05) is 13.0 Å². The van der Waals surface area contributed by atoms with E-state index in [9.17, 15) is 14.4 Å². The maximum absolute atomic E-state index is 12.2. The predicted molar refractivity (Wildman–Crippen MR) is 98.9 cm³/mol. The van der Waals surface area contributed by atoms with Crippen molar-refractivity contribution in [3.63, 3.8) is 0 Å². The Morgan fingerprint density at radius 2 is 1.85 bits per heavy atom. The van der Waals surface area contributed by atoms with E-state index in [0.29, 0.717) is 24.3 Å². The van der Waals surface area contributed by atoms with E-state index in [2.05, 4.69) is 15.6 Å². The second-order valence-electron chi connectivity index (χ2n) is 6.15. The van der Waals surface area contributed by atoms with Crippen LogP contribution in [0.4, 0.5) is 17.1 Å². The Bertz CT molecular complexity index is 836. The first kappa shape index (κ1) is 17.6. The molecule has 7 nitrogen and oxygen atoms in total. The maximum Gasteiger partial charge on any atom is 0.314 e. The lowest BCUT2D eigenvalue weighted by atomic mass is 10.1. The molecule has 2 N–H and O–H groups in total. The number of benzene rings is 1. The summed E-state index contributed by atoms with van der Waals surface area (Å²) in [5.41, 5.74) is 2.62. The number of nitrogens with zero attached hydrogens (tertiary/aromatic N) is 2. The average molecular weight is 352 g/mol. The molecule has 26 heavy (non-hydrogen) atoms. The SMILES string of the molecule is Cc1ccc(NC(=O)C(=O)Nc2cccnc2)cc1N1CCCCC1=O. The molecule has 0 aliphatic carbocycles. The molecule has 1 aliphatic rings. The minimum atomic E-state index is -0.784. The number of carbonyl (C=O) groups excluding carboxylic acids is 3. The fourth-order valence-corrected chi connectivity index (χ4v) is 2.85. The first-order valence-electron chi connectivity index (χ1n) is 8.48. The summed E-state index contributed by atoms with van der Waals surface area (Å²) in [7, 11) is 0. The summed E-state index contributed by atoms with van der Waals surface area (Å²) in [6.07, 6.45) is 5.42. The monoisotopic (exact) mass is 352 g/mol. The minimum absolute atomic E-state index is 0.0807. The van der Waals surface area contributed by atoms with Gasteiger partial charge >= 0.3 is 11.8 Å². The number of rotatable bonds is 3. The van der Waals surface area contributed by atoms with Crippen LogP contribution >= 0.6 is 0 Å². The number of pyridine rings is 1. The van der Waals surface area contributed by atoms with Crippen molar-refractivity contribution in [1.29, 1.82) is 0 Å². The van der Waals surface area contributed by atoms with Crippen molar-refractivity contribution in [3.05, 3.63) is 48.3 Å². The lowest BCUT2D eigenvalue weighted by Gasteiger charge is -2.28. The van der Waals surface area contributed by atoms with E-state index in [0.717, 1.165) is 24.1 Å². The van der Waals surface area contributed by atoms with Gasteiger partial charge in [-0.1, -0.05) is 6.07 Å². The van der Waals surface area contributed by atoms with Crippen molar-refractivity contribution in [2.75, 3.05) is 22.1 Å². The fraction of sp³-hybridized carbons (Fsp3) is 0.263. The fourth-order valence-electron chi connectivity index (χ4n) is 2.85. The topological polar surface area (TPSA) is 91.4 Å². The molecule has 0 atom stereocenters. The Morgan fingerprint density at radius 1 is 1.08 bits per heavy atom. The molecular weight excluding hydrogens is 332 g/mol. The van der Waals surface area contributed by atoms with Crippen LogP contribution in [0.3, 0.4) is 0 Å². The standard InChI is InChI=1S/C19H20N4O3/c1-13-7-8-14(11-16(13)23-10-3-2-6-17(23)24)21-18(25)19(26)22-15-5-4-9-20-12-15/h4-5,7-9,11-12H,2-3,6,10H2,1H3,(H,21,25)(H,22,26).